The molecule has 0 amide bonds. The topological polar surface area (TPSA) is 68.9 Å². The Labute approximate surface area is 113 Å². The van der Waals surface area contributed by atoms with Gasteiger partial charge < -0.3 is 20.5 Å². The summed E-state index contributed by atoms with van der Waals surface area (Å²) in [7, 11) is 3.31. The lowest BCUT2D eigenvalue weighted by molar-refractivity contribution is 0.391. The van der Waals surface area contributed by atoms with Crippen molar-refractivity contribution in [3.63, 3.8) is 0 Å². The molecule has 1 aromatic rings. The molecule has 0 aromatic heterocycles. The third-order valence-corrected chi connectivity index (χ3v) is 2.83. The molecule has 1 aromatic carbocycles. The van der Waals surface area contributed by atoms with Crippen LogP contribution >= 0.6 is 12.4 Å². The number of nitrogens with one attached hydrogen (secondary N) is 1. The van der Waals surface area contributed by atoms with Crippen molar-refractivity contribution in [2.45, 2.75) is 12.5 Å². The summed E-state index contributed by atoms with van der Waals surface area (Å²) in [6.07, 6.45) is 0.893. The van der Waals surface area contributed by atoms with Crippen LogP contribution in [0, 0.1) is 0 Å². The van der Waals surface area contributed by atoms with Gasteiger partial charge in [0.25, 0.3) is 0 Å². The summed E-state index contributed by atoms with van der Waals surface area (Å²) in [6, 6.07) is 5.87. The summed E-state index contributed by atoms with van der Waals surface area (Å²) in [6.45, 7) is 0.726. The standard InChI is InChI=1S/C12H17N3O2.ClH/c1-16-8-3-4-11(17-2)9(7-8)10-5-6-14-12(13)15-10;/h3-4,7,10H,5-6H2,1-2H3,(H3,13,14,15);1H. The van der Waals surface area contributed by atoms with Gasteiger partial charge in [-0.3, -0.25) is 4.99 Å². The van der Waals surface area contributed by atoms with Gasteiger partial charge in [-0.1, -0.05) is 0 Å². The van der Waals surface area contributed by atoms with Crippen LogP contribution < -0.4 is 20.5 Å². The number of hydrogen-bond donors (Lipinski definition) is 2. The van der Waals surface area contributed by atoms with E-state index in [0.29, 0.717) is 5.96 Å². The lowest BCUT2D eigenvalue weighted by Crippen LogP contribution is -2.38. The van der Waals surface area contributed by atoms with Crippen LogP contribution in [0.2, 0.25) is 0 Å². The smallest absolute Gasteiger partial charge is 0.189 e. The Hall–Kier alpha value is -1.62. The average Bonchev–Trinajstić information content (AvgIpc) is 2.38. The van der Waals surface area contributed by atoms with Gasteiger partial charge in [-0.2, -0.15) is 0 Å². The largest absolute Gasteiger partial charge is 0.497 e. The fourth-order valence-corrected chi connectivity index (χ4v) is 1.96. The highest BCUT2D eigenvalue weighted by Crippen LogP contribution is 2.31. The molecule has 18 heavy (non-hydrogen) atoms. The number of benzene rings is 1. The number of ether oxygens (including phenoxy) is 2. The van der Waals surface area contributed by atoms with Crippen molar-refractivity contribution >= 4 is 18.4 Å². The summed E-state index contributed by atoms with van der Waals surface area (Å²) < 4.78 is 10.6. The first-order chi connectivity index (χ1) is 8.24. The van der Waals surface area contributed by atoms with E-state index in [1.54, 1.807) is 14.2 Å². The molecule has 0 radical (unpaired) electrons. The molecular formula is C12H18ClN3O2. The first-order valence-electron chi connectivity index (χ1n) is 5.53. The predicted molar refractivity (Wildman–Crippen MR) is 73.8 cm³/mol. The molecule has 6 heteroatoms. The molecule has 1 aliphatic heterocycles. The fraction of sp³-hybridized carbons (Fsp3) is 0.417. The number of nitrogens with zero attached hydrogens (tertiary/aromatic N) is 1. The quantitative estimate of drug-likeness (QED) is 0.874. The van der Waals surface area contributed by atoms with Crippen molar-refractivity contribution < 1.29 is 9.47 Å². The molecule has 1 heterocycles. The monoisotopic (exact) mass is 271 g/mol. The second-order valence-corrected chi connectivity index (χ2v) is 3.86. The highest BCUT2D eigenvalue weighted by molar-refractivity contribution is 5.85. The van der Waals surface area contributed by atoms with E-state index < -0.39 is 0 Å². The maximum Gasteiger partial charge on any atom is 0.189 e. The van der Waals surface area contributed by atoms with Crippen molar-refractivity contribution in [1.29, 1.82) is 0 Å². The highest BCUT2D eigenvalue weighted by atomic mass is 35.5. The van der Waals surface area contributed by atoms with Gasteiger partial charge in [0.15, 0.2) is 5.96 Å². The van der Waals surface area contributed by atoms with Crippen LogP contribution in [0.1, 0.15) is 18.0 Å². The van der Waals surface area contributed by atoms with Crippen LogP contribution in [-0.4, -0.2) is 26.7 Å². The second-order valence-electron chi connectivity index (χ2n) is 3.86. The SMILES string of the molecule is COc1ccc(OC)c(C2CCN=C(N)N2)c1.Cl. The van der Waals surface area contributed by atoms with Crippen molar-refractivity contribution in [3.05, 3.63) is 23.8 Å². The van der Waals surface area contributed by atoms with Crippen LogP contribution in [0.4, 0.5) is 0 Å². The Morgan fingerprint density at radius 3 is 2.72 bits per heavy atom. The van der Waals surface area contributed by atoms with Gasteiger partial charge in [-0.15, -0.1) is 12.4 Å². The summed E-state index contributed by atoms with van der Waals surface area (Å²) in [5, 5.41) is 3.15. The zero-order valence-corrected chi connectivity index (χ0v) is 11.3. The molecule has 0 saturated heterocycles. The fourth-order valence-electron chi connectivity index (χ4n) is 1.96. The molecule has 100 valence electrons. The lowest BCUT2D eigenvalue weighted by atomic mass is 10.0. The number of methoxy groups -OCH3 is 2. The zero-order valence-electron chi connectivity index (χ0n) is 10.5. The van der Waals surface area contributed by atoms with Gasteiger partial charge in [-0.25, -0.2) is 0 Å². The van der Waals surface area contributed by atoms with Crippen LogP contribution in [-0.2, 0) is 0 Å². The number of aliphatic imine (C=N–C) groups is 1. The van der Waals surface area contributed by atoms with Crippen molar-refractivity contribution in [3.8, 4) is 11.5 Å². The maximum atomic E-state index is 5.69. The van der Waals surface area contributed by atoms with E-state index in [2.05, 4.69) is 10.3 Å². The number of hydrogen-bond acceptors (Lipinski definition) is 5. The summed E-state index contributed by atoms with van der Waals surface area (Å²) in [5.74, 6) is 2.12. The molecule has 0 fully saturated rings. The van der Waals surface area contributed by atoms with Crippen LogP contribution in [0.5, 0.6) is 11.5 Å². The highest BCUT2D eigenvalue weighted by Gasteiger charge is 2.20. The third kappa shape index (κ3) is 2.98. The van der Waals surface area contributed by atoms with Crippen LogP contribution in [0.15, 0.2) is 23.2 Å². The molecule has 0 bridgehead atoms. The maximum absolute atomic E-state index is 5.69. The molecule has 0 aliphatic carbocycles. The molecular weight excluding hydrogens is 254 g/mol. The Morgan fingerprint density at radius 1 is 1.33 bits per heavy atom. The Morgan fingerprint density at radius 2 is 2.11 bits per heavy atom. The lowest BCUT2D eigenvalue weighted by Gasteiger charge is -2.24. The molecule has 2 rings (SSSR count). The van der Waals surface area contributed by atoms with Crippen molar-refractivity contribution in [2.75, 3.05) is 20.8 Å². The molecule has 3 N–H and O–H groups in total. The molecule has 0 saturated carbocycles. The number of halogens is 1. The molecule has 5 nitrogen and oxygen atoms in total. The number of rotatable bonds is 3. The van der Waals surface area contributed by atoms with Crippen LogP contribution in [0.25, 0.3) is 0 Å². The van der Waals surface area contributed by atoms with E-state index in [-0.39, 0.29) is 18.4 Å². The molecule has 1 aliphatic rings. The minimum Gasteiger partial charge on any atom is -0.497 e. The van der Waals surface area contributed by atoms with Crippen LogP contribution in [0.3, 0.4) is 0 Å². The van der Waals surface area contributed by atoms with E-state index in [4.69, 9.17) is 15.2 Å². The Balaban J connectivity index is 0.00000162. The minimum absolute atomic E-state index is 0. The molecule has 0 spiro atoms. The Bertz CT molecular complexity index is 437. The number of guanidine groups is 1. The van der Waals surface area contributed by atoms with E-state index >= 15 is 0 Å². The average molecular weight is 272 g/mol. The van der Waals surface area contributed by atoms with Gasteiger partial charge in [0, 0.05) is 12.1 Å². The number of nitrogens with two attached hydrogens (primary N) is 1. The van der Waals surface area contributed by atoms with Gasteiger partial charge in [0.05, 0.1) is 20.3 Å². The predicted octanol–water partition coefficient (Wildman–Crippen LogP) is 1.47. The molecule has 1 atom stereocenters. The first-order valence-corrected chi connectivity index (χ1v) is 5.53. The summed E-state index contributed by atoms with van der Waals surface area (Å²) in [5.41, 5.74) is 6.74. The van der Waals surface area contributed by atoms with E-state index in [1.807, 2.05) is 18.2 Å². The van der Waals surface area contributed by atoms with Crippen molar-refractivity contribution in [2.24, 2.45) is 10.7 Å². The second kappa shape index (κ2) is 6.35. The summed E-state index contributed by atoms with van der Waals surface area (Å²) in [4.78, 5) is 4.11. The first kappa shape index (κ1) is 14.4. The van der Waals surface area contributed by atoms with E-state index in [0.717, 1.165) is 30.0 Å². The van der Waals surface area contributed by atoms with E-state index in [9.17, 15) is 0 Å². The van der Waals surface area contributed by atoms with Gasteiger partial charge >= 0.3 is 0 Å². The Kier molecular flexibility index (Phi) is 5.09. The van der Waals surface area contributed by atoms with E-state index in [1.165, 1.54) is 0 Å². The normalized spacial score (nSPS) is 18.1. The van der Waals surface area contributed by atoms with Crippen molar-refractivity contribution in [1.82, 2.24) is 5.32 Å². The van der Waals surface area contributed by atoms with Gasteiger partial charge in [0.1, 0.15) is 11.5 Å². The van der Waals surface area contributed by atoms with Gasteiger partial charge in [0.2, 0.25) is 0 Å². The summed E-state index contributed by atoms with van der Waals surface area (Å²) >= 11 is 0. The third-order valence-electron chi connectivity index (χ3n) is 2.83. The molecule has 1 unspecified atom stereocenters. The zero-order chi connectivity index (χ0) is 12.3. The minimum atomic E-state index is 0. The van der Waals surface area contributed by atoms with Gasteiger partial charge in [-0.05, 0) is 24.6 Å².